The molecule has 0 amide bonds. The first-order valence-corrected chi connectivity index (χ1v) is 11.2. The second-order valence-corrected chi connectivity index (χ2v) is 7.82. The fourth-order valence-corrected chi connectivity index (χ4v) is 3.48. The quantitative estimate of drug-likeness (QED) is 0.232. The molecule has 0 aromatic heterocycles. The monoisotopic (exact) mass is 441 g/mol. The largest absolute Gasteiger partial charge is 0.490 e. The van der Waals surface area contributed by atoms with Crippen LogP contribution in [0, 0.1) is 0 Å². The SMILES string of the molecule is CC[C@H](C)c1ccccc1OCCOc1ccc(/C=C2/N=C(c3ccccc3)OC2=O)cc1. The number of ether oxygens (including phenoxy) is 3. The molecule has 1 aliphatic heterocycles. The van der Waals surface area contributed by atoms with Gasteiger partial charge in [0.05, 0.1) is 0 Å². The number of rotatable bonds is 9. The molecule has 1 heterocycles. The maximum absolute atomic E-state index is 12.2. The van der Waals surface area contributed by atoms with Crippen LogP contribution in [0.2, 0.25) is 0 Å². The van der Waals surface area contributed by atoms with Crippen LogP contribution in [-0.4, -0.2) is 25.1 Å². The topological polar surface area (TPSA) is 57.1 Å². The fraction of sp³-hybridized carbons (Fsp3) is 0.214. The van der Waals surface area contributed by atoms with E-state index in [0.717, 1.165) is 29.0 Å². The van der Waals surface area contributed by atoms with E-state index in [2.05, 4.69) is 24.9 Å². The van der Waals surface area contributed by atoms with E-state index in [1.165, 1.54) is 5.56 Å². The molecule has 0 spiro atoms. The highest BCUT2D eigenvalue weighted by atomic mass is 16.6. The molecule has 5 heteroatoms. The summed E-state index contributed by atoms with van der Waals surface area (Å²) in [5.41, 5.74) is 3.11. The maximum atomic E-state index is 12.2. The van der Waals surface area contributed by atoms with Crippen LogP contribution in [0.25, 0.3) is 6.08 Å². The number of hydrogen-bond acceptors (Lipinski definition) is 5. The highest BCUT2D eigenvalue weighted by Crippen LogP contribution is 2.28. The molecule has 3 aromatic carbocycles. The van der Waals surface area contributed by atoms with Crippen molar-refractivity contribution < 1.29 is 19.0 Å². The summed E-state index contributed by atoms with van der Waals surface area (Å²) in [6.45, 7) is 5.28. The van der Waals surface area contributed by atoms with Gasteiger partial charge >= 0.3 is 5.97 Å². The van der Waals surface area contributed by atoms with Crippen LogP contribution in [-0.2, 0) is 9.53 Å². The minimum atomic E-state index is -0.455. The highest BCUT2D eigenvalue weighted by Gasteiger charge is 2.23. The van der Waals surface area contributed by atoms with Crippen LogP contribution in [0.3, 0.4) is 0 Å². The van der Waals surface area contributed by atoms with E-state index < -0.39 is 5.97 Å². The van der Waals surface area contributed by atoms with Crippen LogP contribution < -0.4 is 9.47 Å². The number of hydrogen-bond donors (Lipinski definition) is 0. The first-order valence-electron chi connectivity index (χ1n) is 11.2. The number of aliphatic imine (C=N–C) groups is 1. The molecule has 0 aliphatic carbocycles. The summed E-state index contributed by atoms with van der Waals surface area (Å²) >= 11 is 0. The first kappa shape index (κ1) is 22.3. The molecule has 0 unspecified atom stereocenters. The van der Waals surface area contributed by atoms with E-state index in [0.29, 0.717) is 25.0 Å². The molecule has 0 fully saturated rings. The minimum absolute atomic E-state index is 0.274. The normalized spacial score (nSPS) is 15.2. The molecular weight excluding hydrogens is 414 g/mol. The third-order valence-corrected chi connectivity index (χ3v) is 5.50. The van der Waals surface area contributed by atoms with Crippen molar-refractivity contribution >= 4 is 17.9 Å². The van der Waals surface area contributed by atoms with Gasteiger partial charge in [0.15, 0.2) is 5.70 Å². The predicted molar refractivity (Wildman–Crippen MR) is 130 cm³/mol. The van der Waals surface area contributed by atoms with Crippen molar-refractivity contribution in [3.8, 4) is 11.5 Å². The molecule has 1 aliphatic rings. The van der Waals surface area contributed by atoms with Crippen LogP contribution in [0.1, 0.15) is 42.9 Å². The van der Waals surface area contributed by atoms with Crippen molar-refractivity contribution in [1.82, 2.24) is 0 Å². The average Bonchev–Trinajstić information content (AvgIpc) is 3.23. The second kappa shape index (κ2) is 10.6. The Labute approximate surface area is 194 Å². The Hall–Kier alpha value is -3.86. The van der Waals surface area contributed by atoms with Gasteiger partial charge in [-0.15, -0.1) is 0 Å². The number of nitrogens with zero attached hydrogens (tertiary/aromatic N) is 1. The highest BCUT2D eigenvalue weighted by molar-refractivity contribution is 6.12. The second-order valence-electron chi connectivity index (χ2n) is 7.82. The van der Waals surface area contributed by atoms with Gasteiger partial charge in [0.1, 0.15) is 24.7 Å². The van der Waals surface area contributed by atoms with Gasteiger partial charge in [-0.05, 0) is 59.9 Å². The Morgan fingerprint density at radius 1 is 0.909 bits per heavy atom. The molecule has 168 valence electrons. The van der Waals surface area contributed by atoms with E-state index in [9.17, 15) is 4.79 Å². The predicted octanol–water partition coefficient (Wildman–Crippen LogP) is 6.00. The van der Waals surface area contributed by atoms with Crippen LogP contribution in [0.5, 0.6) is 11.5 Å². The van der Waals surface area contributed by atoms with Crippen LogP contribution >= 0.6 is 0 Å². The Morgan fingerprint density at radius 2 is 1.61 bits per heavy atom. The van der Waals surface area contributed by atoms with E-state index in [1.54, 1.807) is 6.08 Å². The Balaban J connectivity index is 1.32. The Kier molecular flexibility index (Phi) is 7.20. The third-order valence-electron chi connectivity index (χ3n) is 5.50. The number of benzene rings is 3. The zero-order chi connectivity index (χ0) is 23.0. The molecule has 33 heavy (non-hydrogen) atoms. The number of cyclic esters (lactones) is 1. The molecule has 5 nitrogen and oxygen atoms in total. The van der Waals surface area contributed by atoms with E-state index in [4.69, 9.17) is 14.2 Å². The molecule has 0 saturated heterocycles. The summed E-state index contributed by atoms with van der Waals surface area (Å²) < 4.78 is 17.1. The lowest BCUT2D eigenvalue weighted by atomic mass is 9.98. The standard InChI is InChI=1S/C28H27NO4/c1-3-20(2)24-11-7-8-12-26(24)32-18-17-31-23-15-13-21(14-16-23)19-25-28(30)33-27(29-25)22-9-5-4-6-10-22/h4-16,19-20H,3,17-18H2,1-2H3/b25-19+/t20-/m0/s1. The molecule has 3 aromatic rings. The third kappa shape index (κ3) is 5.69. The number of carbonyl (C=O) groups is 1. The van der Waals surface area contributed by atoms with Gasteiger partial charge in [0.2, 0.25) is 5.90 Å². The lowest BCUT2D eigenvalue weighted by molar-refractivity contribution is -0.129. The molecule has 0 bridgehead atoms. The van der Waals surface area contributed by atoms with Gasteiger partial charge in [-0.1, -0.05) is 62.4 Å². The zero-order valence-electron chi connectivity index (χ0n) is 18.9. The fourth-order valence-electron chi connectivity index (χ4n) is 3.48. The van der Waals surface area contributed by atoms with Gasteiger partial charge < -0.3 is 14.2 Å². The number of esters is 1. The lowest BCUT2D eigenvalue weighted by Gasteiger charge is -2.15. The Morgan fingerprint density at radius 3 is 2.36 bits per heavy atom. The van der Waals surface area contributed by atoms with Crippen molar-refractivity contribution in [2.24, 2.45) is 4.99 Å². The maximum Gasteiger partial charge on any atom is 0.363 e. The Bertz CT molecular complexity index is 1150. The lowest BCUT2D eigenvalue weighted by Crippen LogP contribution is -2.10. The molecule has 1 atom stereocenters. The van der Waals surface area contributed by atoms with E-state index in [1.807, 2.05) is 72.8 Å². The summed E-state index contributed by atoms with van der Waals surface area (Å²) in [6.07, 6.45) is 2.77. The van der Waals surface area contributed by atoms with E-state index in [-0.39, 0.29) is 5.70 Å². The molecule has 4 rings (SSSR count). The summed E-state index contributed by atoms with van der Waals surface area (Å²) in [5, 5.41) is 0. The summed E-state index contributed by atoms with van der Waals surface area (Å²) in [4.78, 5) is 16.5. The summed E-state index contributed by atoms with van der Waals surface area (Å²) in [5.74, 6) is 1.97. The van der Waals surface area contributed by atoms with Crippen LogP contribution in [0.15, 0.2) is 89.6 Å². The van der Waals surface area contributed by atoms with Gasteiger partial charge in [-0.25, -0.2) is 9.79 Å². The van der Waals surface area contributed by atoms with Crippen molar-refractivity contribution in [1.29, 1.82) is 0 Å². The minimum Gasteiger partial charge on any atom is -0.490 e. The molecule has 0 radical (unpaired) electrons. The molecular formula is C28H27NO4. The van der Waals surface area contributed by atoms with Crippen molar-refractivity contribution in [3.05, 3.63) is 101 Å². The van der Waals surface area contributed by atoms with Gasteiger partial charge in [-0.2, -0.15) is 0 Å². The number of para-hydroxylation sites is 1. The number of carbonyl (C=O) groups excluding carboxylic acids is 1. The van der Waals surface area contributed by atoms with E-state index >= 15 is 0 Å². The first-order chi connectivity index (χ1) is 16.1. The van der Waals surface area contributed by atoms with Crippen molar-refractivity contribution in [2.75, 3.05) is 13.2 Å². The summed E-state index contributed by atoms with van der Waals surface area (Å²) in [6, 6.07) is 25.0. The van der Waals surface area contributed by atoms with Crippen molar-refractivity contribution in [2.45, 2.75) is 26.2 Å². The smallest absolute Gasteiger partial charge is 0.363 e. The zero-order valence-corrected chi connectivity index (χ0v) is 18.9. The average molecular weight is 442 g/mol. The van der Waals surface area contributed by atoms with Gasteiger partial charge in [0, 0.05) is 5.56 Å². The van der Waals surface area contributed by atoms with Gasteiger partial charge in [-0.3, -0.25) is 0 Å². The van der Waals surface area contributed by atoms with Crippen molar-refractivity contribution in [3.63, 3.8) is 0 Å². The molecule has 0 saturated carbocycles. The summed E-state index contributed by atoms with van der Waals surface area (Å²) in [7, 11) is 0. The van der Waals surface area contributed by atoms with Crippen LogP contribution in [0.4, 0.5) is 0 Å². The molecule has 0 N–H and O–H groups in total. The van der Waals surface area contributed by atoms with Gasteiger partial charge in [0.25, 0.3) is 0 Å².